The fourth-order valence-corrected chi connectivity index (χ4v) is 4.51. The Kier molecular flexibility index (Phi) is 4.11. The number of fused-ring (bicyclic) bond motifs is 2. The van der Waals surface area contributed by atoms with Crippen LogP contribution in [0.2, 0.25) is 0 Å². The molecule has 0 aliphatic heterocycles. The van der Waals surface area contributed by atoms with Crippen LogP contribution in [0.3, 0.4) is 0 Å². The molecule has 2 saturated carbocycles. The highest BCUT2D eigenvalue weighted by molar-refractivity contribution is 9.10. The third kappa shape index (κ3) is 2.89. The standard InChI is InChI=1S/C16H22BrN3O/c1-20(9-12-7-10-2-3-11(12)6-10)15-5-4-13(17)8-14(15)16(18)19-21/h4-5,8,10-12,21H,2-3,6-7,9H2,1H3,(H2,18,19). The normalized spacial score (nSPS) is 28.1. The highest BCUT2D eigenvalue weighted by atomic mass is 79.9. The van der Waals surface area contributed by atoms with Crippen molar-refractivity contribution in [1.29, 1.82) is 0 Å². The van der Waals surface area contributed by atoms with E-state index >= 15 is 0 Å². The third-order valence-electron chi connectivity index (χ3n) is 5.15. The van der Waals surface area contributed by atoms with Crippen LogP contribution in [0.25, 0.3) is 0 Å². The summed E-state index contributed by atoms with van der Waals surface area (Å²) in [7, 11) is 2.10. The van der Waals surface area contributed by atoms with Gasteiger partial charge in [0.05, 0.1) is 0 Å². The Hall–Kier alpha value is -1.23. The first-order chi connectivity index (χ1) is 10.1. The highest BCUT2D eigenvalue weighted by Crippen LogP contribution is 2.48. The quantitative estimate of drug-likeness (QED) is 0.378. The molecule has 0 radical (unpaired) electrons. The lowest BCUT2D eigenvalue weighted by Crippen LogP contribution is -2.30. The lowest BCUT2D eigenvalue weighted by Gasteiger charge is -2.29. The van der Waals surface area contributed by atoms with E-state index < -0.39 is 0 Å². The number of rotatable bonds is 4. The van der Waals surface area contributed by atoms with Gasteiger partial charge in [0.2, 0.25) is 0 Å². The van der Waals surface area contributed by atoms with E-state index in [4.69, 9.17) is 10.9 Å². The van der Waals surface area contributed by atoms with Gasteiger partial charge in [0.1, 0.15) is 0 Å². The fourth-order valence-electron chi connectivity index (χ4n) is 4.15. The average molecular weight is 352 g/mol. The molecule has 4 nitrogen and oxygen atoms in total. The minimum Gasteiger partial charge on any atom is -0.409 e. The molecule has 5 heteroatoms. The van der Waals surface area contributed by atoms with Gasteiger partial charge in [-0.15, -0.1) is 0 Å². The first-order valence-electron chi connectivity index (χ1n) is 7.57. The van der Waals surface area contributed by atoms with Gasteiger partial charge in [0.15, 0.2) is 5.84 Å². The maximum Gasteiger partial charge on any atom is 0.172 e. The Morgan fingerprint density at radius 3 is 2.86 bits per heavy atom. The van der Waals surface area contributed by atoms with Gasteiger partial charge in [-0.25, -0.2) is 0 Å². The molecule has 2 fully saturated rings. The van der Waals surface area contributed by atoms with Crippen molar-refractivity contribution in [3.8, 4) is 0 Å². The van der Waals surface area contributed by atoms with Crippen molar-refractivity contribution in [3.05, 3.63) is 28.2 Å². The summed E-state index contributed by atoms with van der Waals surface area (Å²) in [4.78, 5) is 2.26. The number of nitrogens with two attached hydrogens (primary N) is 1. The van der Waals surface area contributed by atoms with Crippen LogP contribution in [-0.4, -0.2) is 24.6 Å². The van der Waals surface area contributed by atoms with Gasteiger partial charge in [-0.1, -0.05) is 27.5 Å². The van der Waals surface area contributed by atoms with Gasteiger partial charge in [0.25, 0.3) is 0 Å². The smallest absolute Gasteiger partial charge is 0.172 e. The van der Waals surface area contributed by atoms with Crippen molar-refractivity contribution >= 4 is 27.5 Å². The molecule has 3 N–H and O–H groups in total. The minimum atomic E-state index is 0.158. The molecule has 21 heavy (non-hydrogen) atoms. The predicted octanol–water partition coefficient (Wildman–Crippen LogP) is 3.42. The molecule has 0 heterocycles. The Morgan fingerprint density at radius 2 is 2.24 bits per heavy atom. The molecule has 1 aromatic carbocycles. The molecular formula is C16H22BrN3O. The van der Waals surface area contributed by atoms with Gasteiger partial charge >= 0.3 is 0 Å². The SMILES string of the molecule is CN(CC1CC2CCC1C2)c1ccc(Br)cc1/C(N)=N/O. The number of oxime groups is 1. The molecular weight excluding hydrogens is 330 g/mol. The van der Waals surface area contributed by atoms with E-state index in [9.17, 15) is 0 Å². The molecule has 0 amide bonds. The number of halogens is 1. The molecule has 0 saturated heterocycles. The van der Waals surface area contributed by atoms with E-state index in [0.717, 1.165) is 40.0 Å². The van der Waals surface area contributed by atoms with E-state index in [0.29, 0.717) is 0 Å². The number of amidine groups is 1. The zero-order valence-corrected chi connectivity index (χ0v) is 13.9. The first kappa shape index (κ1) is 14.7. The summed E-state index contributed by atoms with van der Waals surface area (Å²) in [6.07, 6.45) is 5.62. The molecule has 2 aliphatic carbocycles. The lowest BCUT2D eigenvalue weighted by atomic mass is 9.88. The van der Waals surface area contributed by atoms with E-state index in [1.165, 1.54) is 25.7 Å². The van der Waals surface area contributed by atoms with E-state index in [2.05, 4.69) is 33.0 Å². The van der Waals surface area contributed by atoms with Crippen molar-refractivity contribution in [2.45, 2.75) is 25.7 Å². The molecule has 0 aromatic heterocycles. The van der Waals surface area contributed by atoms with E-state index in [-0.39, 0.29) is 5.84 Å². The van der Waals surface area contributed by atoms with Crippen LogP contribution < -0.4 is 10.6 Å². The second-order valence-corrected chi connectivity index (χ2v) is 7.38. The maximum atomic E-state index is 8.98. The lowest BCUT2D eigenvalue weighted by molar-refractivity contribution is 0.318. The van der Waals surface area contributed by atoms with Crippen LogP contribution in [0.1, 0.15) is 31.2 Å². The van der Waals surface area contributed by atoms with E-state index in [1.54, 1.807) is 0 Å². The van der Waals surface area contributed by atoms with Crippen LogP contribution in [0, 0.1) is 17.8 Å². The van der Waals surface area contributed by atoms with Crippen LogP contribution in [0.15, 0.2) is 27.8 Å². The molecule has 2 bridgehead atoms. The van der Waals surface area contributed by atoms with Crippen molar-refractivity contribution in [1.82, 2.24) is 0 Å². The Morgan fingerprint density at radius 1 is 1.43 bits per heavy atom. The zero-order valence-electron chi connectivity index (χ0n) is 12.3. The number of anilines is 1. The van der Waals surface area contributed by atoms with E-state index in [1.807, 2.05) is 18.2 Å². The summed E-state index contributed by atoms with van der Waals surface area (Å²) in [6, 6.07) is 5.94. The average Bonchev–Trinajstić information content (AvgIpc) is 3.08. The predicted molar refractivity (Wildman–Crippen MR) is 88.9 cm³/mol. The van der Waals surface area contributed by atoms with Crippen molar-refractivity contribution in [3.63, 3.8) is 0 Å². The Labute approximate surface area is 134 Å². The number of hydrogen-bond acceptors (Lipinski definition) is 3. The maximum absolute atomic E-state index is 8.98. The topological polar surface area (TPSA) is 61.8 Å². The highest BCUT2D eigenvalue weighted by Gasteiger charge is 2.39. The first-order valence-corrected chi connectivity index (χ1v) is 8.36. The number of nitrogens with zero attached hydrogens (tertiary/aromatic N) is 2. The Bertz CT molecular complexity index is 560. The molecule has 114 valence electrons. The summed E-state index contributed by atoms with van der Waals surface area (Å²) < 4.78 is 0.932. The number of benzene rings is 1. The molecule has 3 rings (SSSR count). The molecule has 0 spiro atoms. The third-order valence-corrected chi connectivity index (χ3v) is 5.64. The molecule has 2 aliphatic rings. The van der Waals surface area contributed by atoms with Gasteiger partial charge < -0.3 is 15.8 Å². The monoisotopic (exact) mass is 351 g/mol. The van der Waals surface area contributed by atoms with Gasteiger partial charge in [-0.3, -0.25) is 0 Å². The van der Waals surface area contributed by atoms with Gasteiger partial charge in [0, 0.05) is 29.3 Å². The zero-order chi connectivity index (χ0) is 15.0. The van der Waals surface area contributed by atoms with Crippen LogP contribution >= 0.6 is 15.9 Å². The summed E-state index contributed by atoms with van der Waals surface area (Å²) in [6.45, 7) is 1.05. The van der Waals surface area contributed by atoms with Crippen LogP contribution in [0.4, 0.5) is 5.69 Å². The Balaban J connectivity index is 1.79. The molecule has 1 aromatic rings. The fraction of sp³-hybridized carbons (Fsp3) is 0.562. The van der Waals surface area contributed by atoms with Gasteiger partial charge in [-0.2, -0.15) is 0 Å². The van der Waals surface area contributed by atoms with Crippen LogP contribution in [-0.2, 0) is 0 Å². The summed E-state index contributed by atoms with van der Waals surface area (Å²) >= 11 is 3.45. The molecule has 3 atom stereocenters. The van der Waals surface area contributed by atoms with Crippen LogP contribution in [0.5, 0.6) is 0 Å². The van der Waals surface area contributed by atoms with Crippen molar-refractivity contribution < 1.29 is 5.21 Å². The minimum absolute atomic E-state index is 0.158. The van der Waals surface area contributed by atoms with Gasteiger partial charge in [-0.05, 0) is 55.2 Å². The molecule has 3 unspecified atom stereocenters. The summed E-state index contributed by atoms with van der Waals surface area (Å²) in [5.41, 5.74) is 7.62. The van der Waals surface area contributed by atoms with Crippen molar-refractivity contribution in [2.75, 3.05) is 18.5 Å². The number of hydrogen-bond donors (Lipinski definition) is 2. The second-order valence-electron chi connectivity index (χ2n) is 6.46. The summed E-state index contributed by atoms with van der Waals surface area (Å²) in [5, 5.41) is 12.1. The van der Waals surface area contributed by atoms with Crippen molar-refractivity contribution in [2.24, 2.45) is 28.6 Å². The largest absolute Gasteiger partial charge is 0.409 e. The second kappa shape index (κ2) is 5.87. The summed E-state index contributed by atoms with van der Waals surface area (Å²) in [5.74, 6) is 2.81.